The van der Waals surface area contributed by atoms with Crippen molar-refractivity contribution in [3.63, 3.8) is 0 Å². The van der Waals surface area contributed by atoms with Crippen molar-refractivity contribution in [3.05, 3.63) is 81.2 Å². The highest BCUT2D eigenvalue weighted by molar-refractivity contribution is 7.71. The van der Waals surface area contributed by atoms with E-state index in [0.717, 1.165) is 35.5 Å². The van der Waals surface area contributed by atoms with Crippen LogP contribution in [0.3, 0.4) is 0 Å². The maximum absolute atomic E-state index is 6.08. The topological polar surface area (TPSA) is 85.5 Å². The summed E-state index contributed by atoms with van der Waals surface area (Å²) in [6, 6.07) is 16.0. The van der Waals surface area contributed by atoms with E-state index < -0.39 is 0 Å². The fraction of sp³-hybridized carbons (Fsp3) is 0.280. The van der Waals surface area contributed by atoms with Gasteiger partial charge in [-0.1, -0.05) is 53.6 Å². The van der Waals surface area contributed by atoms with Gasteiger partial charge in [0.05, 0.1) is 38.0 Å². The summed E-state index contributed by atoms with van der Waals surface area (Å²) < 4.78 is 15.3. The number of nitrogens with one attached hydrogen (secondary N) is 1. The number of hydrogen-bond donors (Lipinski definition) is 1. The summed E-state index contributed by atoms with van der Waals surface area (Å²) in [5.74, 6) is 0. The van der Waals surface area contributed by atoms with Gasteiger partial charge in [0.1, 0.15) is 6.61 Å². The predicted octanol–water partition coefficient (Wildman–Crippen LogP) is 4.52. The highest BCUT2D eigenvalue weighted by Crippen LogP contribution is 2.22. The van der Waals surface area contributed by atoms with E-state index >= 15 is 0 Å². The average molecular weight is 524 g/mol. The molecule has 9 nitrogen and oxygen atoms in total. The lowest BCUT2D eigenvalue weighted by molar-refractivity contribution is 0.0208. The number of hydrogen-bond acceptors (Lipinski definition) is 7. The van der Waals surface area contributed by atoms with Gasteiger partial charge in [-0.25, -0.2) is 4.68 Å². The first kappa shape index (κ1) is 24.4. The fourth-order valence-electron chi connectivity index (χ4n) is 3.79. The predicted molar refractivity (Wildman–Crippen MR) is 141 cm³/mol. The second-order valence-electron chi connectivity index (χ2n) is 8.47. The Hall–Kier alpha value is -3.31. The van der Waals surface area contributed by atoms with E-state index in [0.29, 0.717) is 42.3 Å². The Bertz CT molecular complexity index is 1390. The van der Waals surface area contributed by atoms with Crippen LogP contribution in [0.25, 0.3) is 11.3 Å². The van der Waals surface area contributed by atoms with Gasteiger partial charge in [-0.3, -0.25) is 10.00 Å². The summed E-state index contributed by atoms with van der Waals surface area (Å²) in [5, 5.41) is 17.2. The quantitative estimate of drug-likeness (QED) is 0.270. The average Bonchev–Trinajstić information content (AvgIpc) is 3.48. The summed E-state index contributed by atoms with van der Waals surface area (Å²) in [4.78, 5) is 2.23. The molecule has 2 aromatic carbocycles. The number of morpholine rings is 1. The molecule has 0 saturated carbocycles. The van der Waals surface area contributed by atoms with Crippen molar-refractivity contribution in [1.29, 1.82) is 0 Å². The molecular weight excluding hydrogens is 498 g/mol. The van der Waals surface area contributed by atoms with Crippen LogP contribution in [0.2, 0.25) is 5.02 Å². The molecule has 36 heavy (non-hydrogen) atoms. The molecule has 0 bridgehead atoms. The first-order valence-electron chi connectivity index (χ1n) is 11.6. The van der Waals surface area contributed by atoms with Crippen molar-refractivity contribution in [3.8, 4) is 17.3 Å². The van der Waals surface area contributed by atoms with Crippen LogP contribution in [0.5, 0.6) is 6.01 Å². The van der Waals surface area contributed by atoms with E-state index in [4.69, 9.17) is 33.3 Å². The molecule has 11 heteroatoms. The third-order valence-electron chi connectivity index (χ3n) is 5.83. The molecule has 0 unspecified atom stereocenters. The Labute approximate surface area is 218 Å². The zero-order valence-corrected chi connectivity index (χ0v) is 21.4. The fourth-order valence-corrected chi connectivity index (χ4v) is 4.14. The van der Waals surface area contributed by atoms with Gasteiger partial charge in [0.25, 0.3) is 0 Å². The lowest BCUT2D eigenvalue weighted by Crippen LogP contribution is -2.37. The smallest absolute Gasteiger partial charge is 0.338 e. The number of rotatable bonds is 8. The Kier molecular flexibility index (Phi) is 7.57. The number of benzene rings is 2. The normalized spacial score (nSPS) is 14.5. The molecule has 2 aromatic heterocycles. The molecule has 0 radical (unpaired) electrons. The first-order valence-corrected chi connectivity index (χ1v) is 12.4. The van der Waals surface area contributed by atoms with Gasteiger partial charge in [0.2, 0.25) is 4.77 Å². The maximum atomic E-state index is 6.08. The molecule has 0 amide bonds. The Morgan fingerprint density at radius 2 is 1.89 bits per heavy atom. The monoisotopic (exact) mass is 523 g/mol. The molecule has 4 aromatic rings. The van der Waals surface area contributed by atoms with Gasteiger partial charge in [0.15, 0.2) is 0 Å². The lowest BCUT2D eigenvalue weighted by atomic mass is 10.1. The number of ether oxygens (including phenoxy) is 2. The van der Waals surface area contributed by atoms with Crippen LogP contribution in [0.1, 0.15) is 16.7 Å². The number of halogens is 1. The second kappa shape index (κ2) is 11.2. The van der Waals surface area contributed by atoms with Gasteiger partial charge in [-0.15, -0.1) is 5.10 Å². The minimum atomic E-state index is 0.321. The summed E-state index contributed by atoms with van der Waals surface area (Å²) in [7, 11) is 0. The van der Waals surface area contributed by atoms with Gasteiger partial charge < -0.3 is 9.47 Å². The van der Waals surface area contributed by atoms with E-state index in [9.17, 15) is 0 Å². The van der Waals surface area contributed by atoms with Crippen LogP contribution >= 0.6 is 23.8 Å². The van der Waals surface area contributed by atoms with Crippen molar-refractivity contribution in [2.24, 2.45) is 5.10 Å². The molecular formula is C25H26ClN7O2S. The zero-order chi connectivity index (χ0) is 24.9. The van der Waals surface area contributed by atoms with E-state index in [1.165, 1.54) is 5.56 Å². The lowest BCUT2D eigenvalue weighted by Gasteiger charge is -2.25. The standard InChI is InChI=1S/C25H26ClN7O2S/c1-18-2-4-19(5-3-18)16-35-24-30-32(17-31-10-12-34-13-11-31)25(36)33(24)28-15-21-14-27-29-23(21)20-6-8-22(26)9-7-20/h2-9,14-15H,10-13,16-17H2,1H3,(H,27,29)/b28-15+. The van der Waals surface area contributed by atoms with E-state index in [-0.39, 0.29) is 0 Å². The number of aromatic amines is 1. The molecule has 1 saturated heterocycles. The van der Waals surface area contributed by atoms with Crippen LogP contribution < -0.4 is 4.74 Å². The Balaban J connectivity index is 1.43. The largest absolute Gasteiger partial charge is 0.457 e. The molecule has 1 N–H and O–H groups in total. The van der Waals surface area contributed by atoms with Crippen LogP contribution in [0, 0.1) is 11.7 Å². The molecule has 186 valence electrons. The molecule has 5 rings (SSSR count). The van der Waals surface area contributed by atoms with Gasteiger partial charge in [-0.2, -0.15) is 14.9 Å². The second-order valence-corrected chi connectivity index (χ2v) is 9.28. The van der Waals surface area contributed by atoms with Crippen molar-refractivity contribution >= 4 is 30.0 Å². The van der Waals surface area contributed by atoms with Gasteiger partial charge in [-0.05, 0) is 36.8 Å². The molecule has 0 spiro atoms. The van der Waals surface area contributed by atoms with Crippen LogP contribution in [-0.4, -0.2) is 62.1 Å². The molecule has 0 atom stereocenters. The zero-order valence-electron chi connectivity index (χ0n) is 19.8. The van der Waals surface area contributed by atoms with Crippen molar-refractivity contribution in [2.75, 3.05) is 26.3 Å². The summed E-state index contributed by atoms with van der Waals surface area (Å²) >= 11 is 11.8. The maximum Gasteiger partial charge on any atom is 0.338 e. The number of aromatic nitrogens is 5. The molecule has 1 aliphatic rings. The van der Waals surface area contributed by atoms with Gasteiger partial charge >= 0.3 is 6.01 Å². The Morgan fingerprint density at radius 3 is 2.64 bits per heavy atom. The van der Waals surface area contributed by atoms with E-state index in [1.54, 1.807) is 21.8 Å². The van der Waals surface area contributed by atoms with Crippen molar-refractivity contribution in [2.45, 2.75) is 20.2 Å². The number of H-pyrrole nitrogens is 1. The Morgan fingerprint density at radius 1 is 1.14 bits per heavy atom. The molecule has 1 fully saturated rings. The summed E-state index contributed by atoms with van der Waals surface area (Å²) in [6.07, 6.45) is 3.41. The van der Waals surface area contributed by atoms with Crippen molar-refractivity contribution in [1.82, 2.24) is 29.6 Å². The highest BCUT2D eigenvalue weighted by Gasteiger charge is 2.17. The molecule has 1 aliphatic heterocycles. The van der Waals surface area contributed by atoms with Crippen LogP contribution in [0.4, 0.5) is 0 Å². The van der Waals surface area contributed by atoms with E-state index in [1.807, 2.05) is 36.4 Å². The summed E-state index contributed by atoms with van der Waals surface area (Å²) in [6.45, 7) is 5.95. The molecule has 3 heterocycles. The number of nitrogens with zero attached hydrogens (tertiary/aromatic N) is 6. The molecule has 0 aliphatic carbocycles. The van der Waals surface area contributed by atoms with Crippen molar-refractivity contribution < 1.29 is 9.47 Å². The highest BCUT2D eigenvalue weighted by atomic mass is 35.5. The minimum absolute atomic E-state index is 0.321. The van der Waals surface area contributed by atoms with Crippen LogP contribution in [0.15, 0.2) is 59.8 Å². The first-order chi connectivity index (χ1) is 17.6. The third kappa shape index (κ3) is 5.73. The SMILES string of the molecule is Cc1ccc(COc2nn(CN3CCOCC3)c(=S)n2/N=C/c2cn[nH]c2-c2ccc(Cl)cc2)cc1. The van der Waals surface area contributed by atoms with Crippen LogP contribution in [-0.2, 0) is 18.0 Å². The van der Waals surface area contributed by atoms with E-state index in [2.05, 4.69) is 44.4 Å². The number of aryl methyl sites for hydroxylation is 1. The minimum Gasteiger partial charge on any atom is -0.457 e. The summed E-state index contributed by atoms with van der Waals surface area (Å²) in [5.41, 5.74) is 4.79. The third-order valence-corrected chi connectivity index (χ3v) is 6.47. The van der Waals surface area contributed by atoms with Gasteiger partial charge in [0, 0.05) is 29.2 Å².